The Balaban J connectivity index is 2.13. The van der Waals surface area contributed by atoms with E-state index >= 15 is 0 Å². The lowest BCUT2D eigenvalue weighted by atomic mass is 10.1. The Morgan fingerprint density at radius 2 is 1.85 bits per heavy atom. The van der Waals surface area contributed by atoms with Gasteiger partial charge in [0.1, 0.15) is 11.5 Å². The van der Waals surface area contributed by atoms with Gasteiger partial charge in [-0.1, -0.05) is 11.6 Å². The number of nitro groups is 1. The van der Waals surface area contributed by atoms with Crippen molar-refractivity contribution in [2.45, 2.75) is 26.9 Å². The van der Waals surface area contributed by atoms with E-state index in [9.17, 15) is 14.9 Å². The number of hydrogen-bond acceptors (Lipinski definition) is 5. The molecule has 138 valence electrons. The van der Waals surface area contributed by atoms with Crippen LogP contribution in [0, 0.1) is 24.0 Å². The molecule has 0 aliphatic rings. The number of hydrogen-bond donors (Lipinski definition) is 1. The summed E-state index contributed by atoms with van der Waals surface area (Å²) in [6, 6.07) is 7.46. The zero-order chi connectivity index (χ0) is 19.4. The number of aryl methyl sites for hydroxylation is 2. The number of methoxy groups -OCH3 is 1. The number of rotatable bonds is 6. The molecule has 0 heterocycles. The molecule has 26 heavy (non-hydrogen) atoms. The van der Waals surface area contributed by atoms with Gasteiger partial charge in [-0.3, -0.25) is 14.9 Å². The lowest BCUT2D eigenvalue weighted by molar-refractivity contribution is -0.384. The van der Waals surface area contributed by atoms with Crippen LogP contribution >= 0.6 is 11.6 Å². The predicted octanol–water partition coefficient (Wildman–Crippen LogP) is 4.28. The van der Waals surface area contributed by atoms with Crippen LogP contribution in [-0.4, -0.2) is 24.0 Å². The molecule has 1 unspecified atom stereocenters. The minimum atomic E-state index is -0.796. The molecule has 0 saturated carbocycles. The smallest absolute Gasteiger partial charge is 0.273 e. The maximum atomic E-state index is 12.4. The van der Waals surface area contributed by atoms with Crippen molar-refractivity contribution in [3.63, 3.8) is 0 Å². The standard InChI is InChI=1S/C18H19ClN2O5/c1-10-7-14(8-11(2)17(10)19)26-12(3)18(22)20-15-6-5-13(21(23)24)9-16(15)25-4/h5-9,12H,1-4H3,(H,20,22). The Morgan fingerprint density at radius 3 is 2.38 bits per heavy atom. The summed E-state index contributed by atoms with van der Waals surface area (Å²) in [4.78, 5) is 22.7. The summed E-state index contributed by atoms with van der Waals surface area (Å²) in [7, 11) is 1.37. The van der Waals surface area contributed by atoms with Crippen LogP contribution in [0.5, 0.6) is 11.5 Å². The lowest BCUT2D eigenvalue weighted by Crippen LogP contribution is -2.30. The van der Waals surface area contributed by atoms with Gasteiger partial charge in [-0.15, -0.1) is 0 Å². The topological polar surface area (TPSA) is 90.7 Å². The van der Waals surface area contributed by atoms with Crippen LogP contribution in [0.1, 0.15) is 18.1 Å². The second-order valence-corrected chi connectivity index (χ2v) is 6.14. The van der Waals surface area contributed by atoms with Crippen LogP contribution in [0.2, 0.25) is 5.02 Å². The van der Waals surface area contributed by atoms with Gasteiger partial charge in [-0.05, 0) is 50.1 Å². The molecule has 1 N–H and O–H groups in total. The van der Waals surface area contributed by atoms with Crippen LogP contribution in [0.25, 0.3) is 0 Å². The van der Waals surface area contributed by atoms with Crippen LogP contribution < -0.4 is 14.8 Å². The zero-order valence-corrected chi connectivity index (χ0v) is 15.6. The van der Waals surface area contributed by atoms with E-state index in [4.69, 9.17) is 21.1 Å². The minimum absolute atomic E-state index is 0.128. The first kappa shape index (κ1) is 19.5. The highest BCUT2D eigenvalue weighted by atomic mass is 35.5. The van der Waals surface area contributed by atoms with Gasteiger partial charge in [0.05, 0.1) is 23.8 Å². The fourth-order valence-electron chi connectivity index (χ4n) is 2.36. The first-order valence-corrected chi connectivity index (χ1v) is 8.17. The molecule has 2 aromatic carbocycles. The molecular formula is C18H19ClN2O5. The highest BCUT2D eigenvalue weighted by Gasteiger charge is 2.19. The first-order chi connectivity index (χ1) is 12.2. The molecule has 0 radical (unpaired) electrons. The molecule has 0 saturated heterocycles. The average molecular weight is 379 g/mol. The summed E-state index contributed by atoms with van der Waals surface area (Å²) < 4.78 is 10.8. The van der Waals surface area contributed by atoms with Crippen LogP contribution in [0.15, 0.2) is 30.3 Å². The van der Waals surface area contributed by atoms with Crippen LogP contribution in [0.3, 0.4) is 0 Å². The number of anilines is 1. The number of nitrogens with zero attached hydrogens (tertiary/aromatic N) is 1. The van der Waals surface area contributed by atoms with Gasteiger partial charge in [0.2, 0.25) is 0 Å². The Bertz CT molecular complexity index is 830. The molecule has 7 nitrogen and oxygen atoms in total. The number of amides is 1. The molecule has 0 fully saturated rings. The molecule has 0 aromatic heterocycles. The van der Waals surface area contributed by atoms with Crippen molar-refractivity contribution < 1.29 is 19.2 Å². The summed E-state index contributed by atoms with van der Waals surface area (Å²) in [5, 5.41) is 14.1. The lowest BCUT2D eigenvalue weighted by Gasteiger charge is -2.17. The minimum Gasteiger partial charge on any atom is -0.494 e. The third kappa shape index (κ3) is 4.43. The number of carbonyl (C=O) groups is 1. The Labute approximate surface area is 156 Å². The van der Waals surface area contributed by atoms with E-state index in [1.54, 1.807) is 19.1 Å². The largest absolute Gasteiger partial charge is 0.494 e. The van der Waals surface area contributed by atoms with E-state index in [0.717, 1.165) is 11.1 Å². The summed E-state index contributed by atoms with van der Waals surface area (Å²) in [6.45, 7) is 5.32. The number of ether oxygens (including phenoxy) is 2. The van der Waals surface area contributed by atoms with E-state index < -0.39 is 16.9 Å². The van der Waals surface area contributed by atoms with Crippen molar-refractivity contribution in [1.82, 2.24) is 0 Å². The highest BCUT2D eigenvalue weighted by Crippen LogP contribution is 2.30. The maximum Gasteiger partial charge on any atom is 0.273 e. The fourth-order valence-corrected chi connectivity index (χ4v) is 2.47. The van der Waals surface area contributed by atoms with E-state index in [0.29, 0.717) is 16.5 Å². The van der Waals surface area contributed by atoms with Crippen molar-refractivity contribution in [2.75, 3.05) is 12.4 Å². The van der Waals surface area contributed by atoms with Gasteiger partial charge in [-0.25, -0.2) is 0 Å². The monoisotopic (exact) mass is 378 g/mol. The van der Waals surface area contributed by atoms with E-state index in [-0.39, 0.29) is 11.4 Å². The summed E-state index contributed by atoms with van der Waals surface area (Å²) in [5.74, 6) is 0.308. The molecule has 0 spiro atoms. The number of non-ortho nitro benzene ring substituents is 1. The third-order valence-electron chi connectivity index (χ3n) is 3.75. The van der Waals surface area contributed by atoms with E-state index in [2.05, 4.69) is 5.32 Å². The number of benzene rings is 2. The van der Waals surface area contributed by atoms with Crippen molar-refractivity contribution >= 4 is 28.9 Å². The third-order valence-corrected chi connectivity index (χ3v) is 4.34. The van der Waals surface area contributed by atoms with E-state index in [1.807, 2.05) is 13.8 Å². The molecule has 2 aromatic rings. The molecule has 0 bridgehead atoms. The highest BCUT2D eigenvalue weighted by molar-refractivity contribution is 6.32. The average Bonchev–Trinajstić information content (AvgIpc) is 2.59. The molecule has 0 aliphatic carbocycles. The van der Waals surface area contributed by atoms with Gasteiger partial charge in [0, 0.05) is 11.1 Å². The van der Waals surface area contributed by atoms with Gasteiger partial charge in [-0.2, -0.15) is 0 Å². The van der Waals surface area contributed by atoms with Crippen molar-refractivity contribution in [3.05, 3.63) is 56.6 Å². The van der Waals surface area contributed by atoms with Crippen molar-refractivity contribution in [1.29, 1.82) is 0 Å². The normalized spacial score (nSPS) is 11.6. The van der Waals surface area contributed by atoms with Gasteiger partial charge in [0.25, 0.3) is 11.6 Å². The van der Waals surface area contributed by atoms with Gasteiger partial charge in [0.15, 0.2) is 6.10 Å². The summed E-state index contributed by atoms with van der Waals surface area (Å²) >= 11 is 6.13. The van der Waals surface area contributed by atoms with Crippen LogP contribution in [-0.2, 0) is 4.79 Å². The summed E-state index contributed by atoms with van der Waals surface area (Å²) in [5.41, 5.74) is 1.90. The molecule has 1 amide bonds. The second kappa shape index (κ2) is 8.05. The molecule has 1 atom stereocenters. The molecule has 0 aliphatic heterocycles. The Hall–Kier alpha value is -2.80. The number of carbonyl (C=O) groups excluding carboxylic acids is 1. The van der Waals surface area contributed by atoms with E-state index in [1.165, 1.54) is 25.3 Å². The van der Waals surface area contributed by atoms with Gasteiger partial charge < -0.3 is 14.8 Å². The van der Waals surface area contributed by atoms with Crippen molar-refractivity contribution in [3.8, 4) is 11.5 Å². The SMILES string of the molecule is COc1cc([N+](=O)[O-])ccc1NC(=O)C(C)Oc1cc(C)c(Cl)c(C)c1. The Kier molecular flexibility index (Phi) is 6.05. The molecule has 2 rings (SSSR count). The van der Waals surface area contributed by atoms with Gasteiger partial charge >= 0.3 is 0 Å². The molecular weight excluding hydrogens is 360 g/mol. The Morgan fingerprint density at radius 1 is 1.23 bits per heavy atom. The first-order valence-electron chi connectivity index (χ1n) is 7.79. The maximum absolute atomic E-state index is 12.4. The number of nitro benzene ring substituents is 1. The zero-order valence-electron chi connectivity index (χ0n) is 14.8. The number of halogens is 1. The van der Waals surface area contributed by atoms with Crippen LogP contribution in [0.4, 0.5) is 11.4 Å². The summed E-state index contributed by atoms with van der Waals surface area (Å²) in [6.07, 6.45) is -0.796. The second-order valence-electron chi connectivity index (χ2n) is 5.76. The predicted molar refractivity (Wildman–Crippen MR) is 99.3 cm³/mol. The fraction of sp³-hybridized carbons (Fsp3) is 0.278. The quantitative estimate of drug-likeness (QED) is 0.598. The number of nitrogens with one attached hydrogen (secondary N) is 1. The van der Waals surface area contributed by atoms with Crippen molar-refractivity contribution in [2.24, 2.45) is 0 Å². The molecule has 8 heteroatoms.